The van der Waals surface area contributed by atoms with Crippen LogP contribution in [0.2, 0.25) is 0 Å². The Bertz CT molecular complexity index is 566. The number of piperidine rings is 1. The van der Waals surface area contributed by atoms with E-state index in [1.54, 1.807) is 14.0 Å². The van der Waals surface area contributed by atoms with Gasteiger partial charge in [0, 0.05) is 44.2 Å². The Balaban J connectivity index is 2.15. The van der Waals surface area contributed by atoms with Crippen molar-refractivity contribution in [3.63, 3.8) is 0 Å². The van der Waals surface area contributed by atoms with Crippen molar-refractivity contribution in [2.24, 2.45) is 5.41 Å². The summed E-state index contributed by atoms with van der Waals surface area (Å²) in [5, 5.41) is 0. The van der Waals surface area contributed by atoms with Gasteiger partial charge in [-0.2, -0.15) is 4.31 Å². The number of sulfonamides is 1. The molecular formula is C17H33N3O3S. The second-order valence-corrected chi connectivity index (χ2v) is 10.5. The van der Waals surface area contributed by atoms with Crippen LogP contribution in [0.15, 0.2) is 0 Å². The average Bonchev–Trinajstić information content (AvgIpc) is 2.76. The molecule has 2 saturated heterocycles. The maximum atomic E-state index is 13.0. The first-order chi connectivity index (χ1) is 11.0. The molecule has 0 radical (unpaired) electrons. The van der Waals surface area contributed by atoms with Gasteiger partial charge in [-0.1, -0.05) is 13.8 Å². The topological polar surface area (TPSA) is 60.9 Å². The third kappa shape index (κ3) is 3.63. The van der Waals surface area contributed by atoms with Crippen LogP contribution in [0.5, 0.6) is 0 Å². The lowest BCUT2D eigenvalue weighted by Crippen LogP contribution is -2.51. The van der Waals surface area contributed by atoms with E-state index in [4.69, 9.17) is 0 Å². The second kappa shape index (κ2) is 6.92. The summed E-state index contributed by atoms with van der Waals surface area (Å²) in [5.74, 6) is -0.00150. The van der Waals surface area contributed by atoms with E-state index in [2.05, 4.69) is 18.7 Å². The zero-order chi connectivity index (χ0) is 18.3. The van der Waals surface area contributed by atoms with Gasteiger partial charge in [0.05, 0.1) is 5.75 Å². The summed E-state index contributed by atoms with van der Waals surface area (Å²) in [6, 6.07) is 0.172. The molecule has 0 bridgehead atoms. The van der Waals surface area contributed by atoms with Gasteiger partial charge in [-0.3, -0.25) is 4.79 Å². The third-order valence-electron chi connectivity index (χ3n) is 5.67. The minimum atomic E-state index is -3.38. The smallest absolute Gasteiger partial charge is 0.241 e. The van der Waals surface area contributed by atoms with Gasteiger partial charge in [-0.25, -0.2) is 8.42 Å². The van der Waals surface area contributed by atoms with Crippen LogP contribution in [0.3, 0.4) is 0 Å². The summed E-state index contributed by atoms with van der Waals surface area (Å²) in [7, 11) is -1.83. The lowest BCUT2D eigenvalue weighted by atomic mass is 9.87. The van der Waals surface area contributed by atoms with Gasteiger partial charge < -0.3 is 9.80 Å². The molecule has 0 N–H and O–H groups in total. The van der Waals surface area contributed by atoms with Crippen molar-refractivity contribution in [1.82, 2.24) is 14.1 Å². The number of hydrogen-bond donors (Lipinski definition) is 0. The molecule has 7 heteroatoms. The molecule has 2 heterocycles. The van der Waals surface area contributed by atoms with Crippen LogP contribution < -0.4 is 0 Å². The van der Waals surface area contributed by atoms with E-state index in [0.717, 1.165) is 25.9 Å². The zero-order valence-corrected chi connectivity index (χ0v) is 16.8. The van der Waals surface area contributed by atoms with E-state index < -0.39 is 16.1 Å². The highest BCUT2D eigenvalue weighted by atomic mass is 32.2. The minimum absolute atomic E-state index is 0.0239. The van der Waals surface area contributed by atoms with Gasteiger partial charge in [0.25, 0.3) is 0 Å². The monoisotopic (exact) mass is 359 g/mol. The first-order valence-electron chi connectivity index (χ1n) is 9.01. The molecule has 0 saturated carbocycles. The Morgan fingerprint density at radius 2 is 1.79 bits per heavy atom. The van der Waals surface area contributed by atoms with Crippen molar-refractivity contribution in [3.8, 4) is 0 Å². The molecule has 1 atom stereocenters. The molecule has 140 valence electrons. The molecule has 2 aliphatic heterocycles. The molecule has 1 unspecified atom stereocenters. The third-order valence-corrected chi connectivity index (χ3v) is 7.49. The highest BCUT2D eigenvalue weighted by molar-refractivity contribution is 7.89. The van der Waals surface area contributed by atoms with Crippen LogP contribution in [0.1, 0.15) is 47.5 Å². The lowest BCUT2D eigenvalue weighted by Gasteiger charge is -2.38. The summed E-state index contributed by atoms with van der Waals surface area (Å²) in [6.07, 6.45) is 1.94. The Labute approximate surface area is 147 Å². The number of carbonyl (C=O) groups is 1. The molecule has 0 aromatic heterocycles. The maximum absolute atomic E-state index is 13.0. The van der Waals surface area contributed by atoms with E-state index in [9.17, 15) is 13.2 Å². The SMILES string of the molecule is CCS(=O)(=O)N(C)C1C(=O)N(C2CCN(C(C)C)CC2)CC1(C)C. The normalized spacial score (nSPS) is 26.8. The van der Waals surface area contributed by atoms with E-state index >= 15 is 0 Å². The number of amides is 1. The fourth-order valence-electron chi connectivity index (χ4n) is 4.13. The lowest BCUT2D eigenvalue weighted by molar-refractivity contribution is -0.133. The van der Waals surface area contributed by atoms with Gasteiger partial charge in [0.1, 0.15) is 6.04 Å². The number of hydrogen-bond acceptors (Lipinski definition) is 4. The van der Waals surface area contributed by atoms with Crippen LogP contribution in [-0.2, 0) is 14.8 Å². The van der Waals surface area contributed by atoms with E-state index in [1.165, 1.54) is 4.31 Å². The van der Waals surface area contributed by atoms with Crippen LogP contribution in [0.4, 0.5) is 0 Å². The molecule has 6 nitrogen and oxygen atoms in total. The molecule has 2 rings (SSSR count). The number of carbonyl (C=O) groups excluding carboxylic acids is 1. The zero-order valence-electron chi connectivity index (χ0n) is 15.9. The van der Waals surface area contributed by atoms with Crippen LogP contribution in [0, 0.1) is 5.41 Å². The maximum Gasteiger partial charge on any atom is 0.241 e. The largest absolute Gasteiger partial charge is 0.338 e. The van der Waals surface area contributed by atoms with Gasteiger partial charge in [-0.15, -0.1) is 0 Å². The number of likely N-dealkylation sites (N-methyl/N-ethyl adjacent to an activating group) is 1. The van der Waals surface area contributed by atoms with Gasteiger partial charge in [0.2, 0.25) is 15.9 Å². The summed E-state index contributed by atoms with van der Waals surface area (Å²) < 4.78 is 25.8. The molecule has 2 aliphatic rings. The highest BCUT2D eigenvalue weighted by Gasteiger charge is 2.52. The van der Waals surface area contributed by atoms with Crippen molar-refractivity contribution < 1.29 is 13.2 Å². The summed E-state index contributed by atoms with van der Waals surface area (Å²) >= 11 is 0. The molecule has 0 spiro atoms. The van der Waals surface area contributed by atoms with Gasteiger partial charge >= 0.3 is 0 Å². The predicted molar refractivity (Wildman–Crippen MR) is 96.2 cm³/mol. The number of rotatable bonds is 5. The molecule has 0 aromatic rings. The molecule has 0 aliphatic carbocycles. The second-order valence-electron chi connectivity index (χ2n) is 8.13. The number of nitrogens with zero attached hydrogens (tertiary/aromatic N) is 3. The van der Waals surface area contributed by atoms with Crippen molar-refractivity contribution in [2.75, 3.05) is 32.4 Å². The minimum Gasteiger partial charge on any atom is -0.338 e. The summed E-state index contributed by atoms with van der Waals surface area (Å²) in [6.45, 7) is 12.7. The fourth-order valence-corrected chi connectivity index (χ4v) is 5.23. The number of likely N-dealkylation sites (tertiary alicyclic amines) is 2. The van der Waals surface area contributed by atoms with Crippen molar-refractivity contribution in [2.45, 2.75) is 65.6 Å². The summed E-state index contributed by atoms with van der Waals surface area (Å²) in [5.41, 5.74) is -0.372. The molecule has 24 heavy (non-hydrogen) atoms. The molecule has 2 fully saturated rings. The highest BCUT2D eigenvalue weighted by Crippen LogP contribution is 2.37. The Morgan fingerprint density at radius 1 is 1.25 bits per heavy atom. The van der Waals surface area contributed by atoms with Crippen LogP contribution in [-0.4, -0.2) is 79.0 Å². The van der Waals surface area contributed by atoms with E-state index in [1.807, 2.05) is 18.7 Å². The van der Waals surface area contributed by atoms with E-state index in [-0.39, 0.29) is 23.1 Å². The quantitative estimate of drug-likeness (QED) is 0.744. The van der Waals surface area contributed by atoms with Crippen molar-refractivity contribution in [1.29, 1.82) is 0 Å². The Kier molecular flexibility index (Phi) is 5.67. The molecule has 1 amide bonds. The first kappa shape index (κ1) is 19.7. The summed E-state index contributed by atoms with van der Waals surface area (Å²) in [4.78, 5) is 17.4. The molecule has 0 aromatic carbocycles. The Hall–Kier alpha value is -0.660. The predicted octanol–water partition coefficient (Wildman–Crippen LogP) is 1.38. The van der Waals surface area contributed by atoms with Crippen molar-refractivity contribution >= 4 is 15.9 Å². The van der Waals surface area contributed by atoms with Gasteiger partial charge in [-0.05, 0) is 33.6 Å². The standard InChI is InChI=1S/C17H33N3O3S/c1-7-24(22,23)18(6)15-16(21)20(12-17(15,4)5)14-8-10-19(11-9-14)13(2)3/h13-15H,7-12H2,1-6H3. The Morgan fingerprint density at radius 3 is 2.25 bits per heavy atom. The van der Waals surface area contributed by atoms with Gasteiger partial charge in [0.15, 0.2) is 0 Å². The first-order valence-corrected chi connectivity index (χ1v) is 10.6. The average molecular weight is 360 g/mol. The van der Waals surface area contributed by atoms with Crippen LogP contribution in [0.25, 0.3) is 0 Å². The van der Waals surface area contributed by atoms with Crippen molar-refractivity contribution in [3.05, 3.63) is 0 Å². The van der Waals surface area contributed by atoms with Crippen LogP contribution >= 0.6 is 0 Å². The molecular weight excluding hydrogens is 326 g/mol. The van der Waals surface area contributed by atoms with E-state index in [0.29, 0.717) is 12.6 Å². The fraction of sp³-hybridized carbons (Fsp3) is 0.941.